The number of rotatable bonds is 6. The van der Waals surface area contributed by atoms with Crippen LogP contribution in [0.5, 0.6) is 5.75 Å². The van der Waals surface area contributed by atoms with Crippen molar-refractivity contribution in [2.45, 2.75) is 17.9 Å². The van der Waals surface area contributed by atoms with Crippen molar-refractivity contribution >= 4 is 46.5 Å². The molecule has 1 aliphatic heterocycles. The molecule has 33 heavy (non-hydrogen) atoms. The van der Waals surface area contributed by atoms with Crippen LogP contribution in [0.15, 0.2) is 71.6 Å². The second kappa shape index (κ2) is 9.74. The van der Waals surface area contributed by atoms with Crippen LogP contribution in [0.4, 0.5) is 21.5 Å². The van der Waals surface area contributed by atoms with Crippen LogP contribution >= 0.6 is 11.8 Å². The summed E-state index contributed by atoms with van der Waals surface area (Å²) < 4.78 is 18.5. The van der Waals surface area contributed by atoms with Crippen molar-refractivity contribution in [1.82, 2.24) is 0 Å². The molecular weight excluding hydrogens is 445 g/mol. The van der Waals surface area contributed by atoms with Crippen LogP contribution in [0.25, 0.3) is 0 Å². The van der Waals surface area contributed by atoms with Crippen LogP contribution in [-0.2, 0) is 9.59 Å². The first-order chi connectivity index (χ1) is 15.9. The fourth-order valence-electron chi connectivity index (χ4n) is 3.14. The standard InChI is InChI=1S/C24H20FN3O4S/c1-14-23(30)28-19-12-17(10-11-20(19)32-14)27-24(31)18-4-2-3-5-21(18)33-13-22(29)26-16-8-6-15(25)7-9-16/h2-12,14H,13H2,1H3,(H,26,29)(H,27,31)(H,28,30). The lowest BCUT2D eigenvalue weighted by Crippen LogP contribution is -2.34. The van der Waals surface area contributed by atoms with Crippen LogP contribution in [0.3, 0.4) is 0 Å². The summed E-state index contributed by atoms with van der Waals surface area (Å²) in [5.41, 5.74) is 1.87. The predicted molar refractivity (Wildman–Crippen MR) is 125 cm³/mol. The Hall–Kier alpha value is -3.85. The Bertz CT molecular complexity index is 1220. The number of halogens is 1. The number of carbonyl (C=O) groups is 3. The van der Waals surface area contributed by atoms with Crippen LogP contribution in [0, 0.1) is 5.82 Å². The maximum absolute atomic E-state index is 13.0. The Labute approximate surface area is 193 Å². The van der Waals surface area contributed by atoms with Gasteiger partial charge in [0.05, 0.1) is 17.0 Å². The number of amides is 3. The highest BCUT2D eigenvalue weighted by Crippen LogP contribution is 2.32. The first kappa shape index (κ1) is 22.3. The summed E-state index contributed by atoms with van der Waals surface area (Å²) in [7, 11) is 0. The van der Waals surface area contributed by atoms with Crippen LogP contribution in [-0.4, -0.2) is 29.6 Å². The maximum atomic E-state index is 13.0. The third kappa shape index (κ3) is 5.50. The number of benzene rings is 3. The van der Waals surface area contributed by atoms with E-state index in [-0.39, 0.29) is 29.3 Å². The molecule has 9 heteroatoms. The zero-order chi connectivity index (χ0) is 23.4. The lowest BCUT2D eigenvalue weighted by molar-refractivity contribution is -0.122. The Morgan fingerprint density at radius 1 is 1.03 bits per heavy atom. The highest BCUT2D eigenvalue weighted by molar-refractivity contribution is 8.00. The molecule has 0 fully saturated rings. The molecule has 1 heterocycles. The number of carbonyl (C=O) groups excluding carboxylic acids is 3. The minimum absolute atomic E-state index is 0.0715. The van der Waals surface area contributed by atoms with Gasteiger partial charge in [0.25, 0.3) is 11.8 Å². The van der Waals surface area contributed by atoms with Gasteiger partial charge in [0.2, 0.25) is 5.91 Å². The first-order valence-corrected chi connectivity index (χ1v) is 11.1. The number of hydrogen-bond acceptors (Lipinski definition) is 5. The summed E-state index contributed by atoms with van der Waals surface area (Å²) in [6.45, 7) is 1.66. The molecule has 3 aromatic carbocycles. The lowest BCUT2D eigenvalue weighted by Gasteiger charge is -2.23. The molecule has 3 aromatic rings. The molecule has 0 spiro atoms. The lowest BCUT2D eigenvalue weighted by atomic mass is 10.2. The predicted octanol–water partition coefficient (Wildman–Crippen LogP) is 4.53. The van der Waals surface area contributed by atoms with Gasteiger partial charge in [-0.05, 0) is 61.5 Å². The fourth-order valence-corrected chi connectivity index (χ4v) is 3.99. The van der Waals surface area contributed by atoms with Crippen molar-refractivity contribution in [3.05, 3.63) is 78.1 Å². The average molecular weight is 466 g/mol. The Balaban J connectivity index is 1.41. The van der Waals surface area contributed by atoms with E-state index in [1.54, 1.807) is 49.4 Å². The van der Waals surface area contributed by atoms with Gasteiger partial charge in [0.1, 0.15) is 11.6 Å². The van der Waals surface area contributed by atoms with Gasteiger partial charge in [-0.25, -0.2) is 4.39 Å². The summed E-state index contributed by atoms with van der Waals surface area (Å²) in [6.07, 6.45) is -0.581. The average Bonchev–Trinajstić information content (AvgIpc) is 2.80. The molecule has 3 amide bonds. The molecule has 0 aliphatic carbocycles. The number of fused-ring (bicyclic) bond motifs is 1. The minimum atomic E-state index is -0.581. The molecule has 168 valence electrons. The van der Waals surface area contributed by atoms with Crippen molar-refractivity contribution < 1.29 is 23.5 Å². The van der Waals surface area contributed by atoms with E-state index in [0.29, 0.717) is 33.3 Å². The van der Waals surface area contributed by atoms with E-state index in [4.69, 9.17) is 4.74 Å². The van der Waals surface area contributed by atoms with Crippen molar-refractivity contribution in [1.29, 1.82) is 0 Å². The second-order valence-corrected chi connectivity index (χ2v) is 8.27. The number of hydrogen-bond donors (Lipinski definition) is 3. The Morgan fingerprint density at radius 3 is 2.55 bits per heavy atom. The summed E-state index contributed by atoms with van der Waals surface area (Å²) in [6, 6.07) is 17.4. The van der Waals surface area contributed by atoms with Crippen molar-refractivity contribution in [2.75, 3.05) is 21.7 Å². The summed E-state index contributed by atoms with van der Waals surface area (Å²) >= 11 is 1.22. The molecule has 0 saturated heterocycles. The van der Waals surface area contributed by atoms with Crippen molar-refractivity contribution in [2.24, 2.45) is 0 Å². The van der Waals surface area contributed by atoms with Gasteiger partial charge in [-0.15, -0.1) is 11.8 Å². The third-order valence-electron chi connectivity index (χ3n) is 4.79. The zero-order valence-electron chi connectivity index (χ0n) is 17.6. The van der Waals surface area contributed by atoms with Gasteiger partial charge in [-0.1, -0.05) is 12.1 Å². The summed E-state index contributed by atoms with van der Waals surface area (Å²) in [4.78, 5) is 37.6. The SMILES string of the molecule is CC1Oc2ccc(NC(=O)c3ccccc3SCC(=O)Nc3ccc(F)cc3)cc2NC1=O. The third-order valence-corrected chi connectivity index (χ3v) is 5.86. The van der Waals surface area contributed by atoms with E-state index in [9.17, 15) is 18.8 Å². The van der Waals surface area contributed by atoms with Crippen molar-refractivity contribution in [3.63, 3.8) is 0 Å². The molecule has 0 aromatic heterocycles. The van der Waals surface area contributed by atoms with Gasteiger partial charge in [-0.2, -0.15) is 0 Å². The van der Waals surface area contributed by atoms with E-state index in [0.717, 1.165) is 0 Å². The quantitative estimate of drug-likeness (QED) is 0.465. The second-order valence-electron chi connectivity index (χ2n) is 7.25. The Kier molecular flexibility index (Phi) is 6.60. The monoisotopic (exact) mass is 465 g/mol. The van der Waals surface area contributed by atoms with Crippen molar-refractivity contribution in [3.8, 4) is 5.75 Å². The topological polar surface area (TPSA) is 96.5 Å². The first-order valence-electron chi connectivity index (χ1n) is 10.1. The smallest absolute Gasteiger partial charge is 0.265 e. The molecular formula is C24H20FN3O4S. The van der Waals surface area contributed by atoms with Crippen LogP contribution < -0.4 is 20.7 Å². The summed E-state index contributed by atoms with van der Waals surface area (Å²) in [5, 5.41) is 8.25. The normalized spacial score (nSPS) is 14.5. The van der Waals surface area contributed by atoms with Gasteiger partial charge in [0.15, 0.2) is 6.10 Å². The van der Waals surface area contributed by atoms with Gasteiger partial charge >= 0.3 is 0 Å². The number of ether oxygens (including phenoxy) is 1. The van der Waals surface area contributed by atoms with E-state index < -0.39 is 6.10 Å². The van der Waals surface area contributed by atoms with E-state index in [1.165, 1.54) is 36.0 Å². The number of nitrogens with one attached hydrogen (secondary N) is 3. The minimum Gasteiger partial charge on any atom is -0.479 e. The van der Waals surface area contributed by atoms with E-state index in [2.05, 4.69) is 16.0 Å². The fraction of sp³-hybridized carbons (Fsp3) is 0.125. The van der Waals surface area contributed by atoms with E-state index >= 15 is 0 Å². The molecule has 0 saturated carbocycles. The molecule has 1 unspecified atom stereocenters. The maximum Gasteiger partial charge on any atom is 0.265 e. The molecule has 3 N–H and O–H groups in total. The van der Waals surface area contributed by atoms with Gasteiger partial charge in [0, 0.05) is 16.3 Å². The molecule has 7 nitrogen and oxygen atoms in total. The van der Waals surface area contributed by atoms with Crippen LogP contribution in [0.1, 0.15) is 17.3 Å². The zero-order valence-corrected chi connectivity index (χ0v) is 18.4. The molecule has 1 aliphatic rings. The molecule has 0 bridgehead atoms. The molecule has 4 rings (SSSR count). The highest BCUT2D eigenvalue weighted by Gasteiger charge is 2.24. The Morgan fingerprint density at radius 2 is 1.76 bits per heavy atom. The largest absolute Gasteiger partial charge is 0.479 e. The number of anilines is 3. The molecule has 0 radical (unpaired) electrons. The van der Waals surface area contributed by atoms with Crippen LogP contribution in [0.2, 0.25) is 0 Å². The number of thioether (sulfide) groups is 1. The molecule has 1 atom stereocenters. The van der Waals surface area contributed by atoms with Gasteiger partial charge in [-0.3, -0.25) is 14.4 Å². The highest BCUT2D eigenvalue weighted by atomic mass is 32.2. The summed E-state index contributed by atoms with van der Waals surface area (Å²) in [5.74, 6) is -0.669. The van der Waals surface area contributed by atoms with Gasteiger partial charge < -0.3 is 20.7 Å². The van der Waals surface area contributed by atoms with E-state index in [1.807, 2.05) is 0 Å².